The van der Waals surface area contributed by atoms with E-state index >= 15 is 0 Å². The first kappa shape index (κ1) is 9.87. The van der Waals surface area contributed by atoms with E-state index in [9.17, 15) is 0 Å². The summed E-state index contributed by atoms with van der Waals surface area (Å²) < 4.78 is 5.24. The second kappa shape index (κ2) is 4.15. The van der Waals surface area contributed by atoms with E-state index in [2.05, 4.69) is 13.2 Å². The molecule has 0 aliphatic rings. The largest absolute Gasteiger partial charge is 0.463 e. The number of allylic oxidation sites excluding steroid dienone is 1. The first-order chi connectivity index (χ1) is 6.09. The van der Waals surface area contributed by atoms with Crippen molar-refractivity contribution in [2.24, 2.45) is 0 Å². The fraction of sp³-hybridized carbons (Fsp3) is 0.0909. The summed E-state index contributed by atoms with van der Waals surface area (Å²) in [5, 5.41) is 0.670. The van der Waals surface area contributed by atoms with Crippen LogP contribution in [0.5, 0.6) is 0 Å². The van der Waals surface area contributed by atoms with Gasteiger partial charge in [0.15, 0.2) is 0 Å². The molecule has 0 amide bonds. The molecule has 1 nitrogen and oxygen atoms in total. The lowest BCUT2D eigenvalue weighted by Gasteiger charge is -2.07. The number of halogens is 1. The molecule has 1 aromatic rings. The highest BCUT2D eigenvalue weighted by molar-refractivity contribution is 6.30. The summed E-state index contributed by atoms with van der Waals surface area (Å²) in [6.07, 6.45) is 0. The Balaban J connectivity index is 2.83. The Morgan fingerprint density at radius 1 is 1.38 bits per heavy atom. The number of hydrogen-bond donors (Lipinski definition) is 0. The van der Waals surface area contributed by atoms with E-state index in [0.717, 1.165) is 5.56 Å². The van der Waals surface area contributed by atoms with Crippen LogP contribution in [0.3, 0.4) is 0 Å². The predicted octanol–water partition coefficient (Wildman–Crippen LogP) is 3.86. The quantitative estimate of drug-likeness (QED) is 0.664. The van der Waals surface area contributed by atoms with E-state index in [1.165, 1.54) is 0 Å². The molecule has 68 valence electrons. The lowest BCUT2D eigenvalue weighted by Crippen LogP contribution is -1.87. The van der Waals surface area contributed by atoms with Gasteiger partial charge in [-0.05, 0) is 19.1 Å². The van der Waals surface area contributed by atoms with Gasteiger partial charge in [0.1, 0.15) is 5.76 Å². The zero-order chi connectivity index (χ0) is 9.84. The Bertz CT molecular complexity index is 342. The minimum absolute atomic E-state index is 0.565. The summed E-state index contributed by atoms with van der Waals surface area (Å²) in [6.45, 7) is 9.17. The van der Waals surface area contributed by atoms with E-state index in [4.69, 9.17) is 16.3 Å². The van der Waals surface area contributed by atoms with Crippen LogP contribution in [-0.2, 0) is 4.74 Å². The molecule has 0 saturated carbocycles. The molecule has 0 atom stereocenters. The lowest BCUT2D eigenvalue weighted by atomic mass is 10.2. The third-order valence-electron chi connectivity index (χ3n) is 1.44. The highest BCUT2D eigenvalue weighted by atomic mass is 35.5. The van der Waals surface area contributed by atoms with Crippen LogP contribution in [0, 0.1) is 0 Å². The van der Waals surface area contributed by atoms with Crippen molar-refractivity contribution in [1.29, 1.82) is 0 Å². The van der Waals surface area contributed by atoms with Crippen molar-refractivity contribution in [2.75, 3.05) is 0 Å². The van der Waals surface area contributed by atoms with Crippen LogP contribution in [0.4, 0.5) is 0 Å². The summed E-state index contributed by atoms with van der Waals surface area (Å²) in [4.78, 5) is 0. The Morgan fingerprint density at radius 3 is 2.62 bits per heavy atom. The number of rotatable bonds is 3. The molecule has 0 aliphatic carbocycles. The van der Waals surface area contributed by atoms with Gasteiger partial charge in [-0.1, -0.05) is 36.9 Å². The second-order valence-corrected chi connectivity index (χ2v) is 3.17. The summed E-state index contributed by atoms with van der Waals surface area (Å²) in [5.41, 5.74) is 0.871. The lowest BCUT2D eigenvalue weighted by molar-refractivity contribution is 0.388. The summed E-state index contributed by atoms with van der Waals surface area (Å²) in [7, 11) is 0. The molecule has 0 unspecified atom stereocenters. The van der Waals surface area contributed by atoms with Gasteiger partial charge in [0.2, 0.25) is 0 Å². The van der Waals surface area contributed by atoms with Crippen LogP contribution < -0.4 is 0 Å². The molecule has 1 rings (SSSR count). The van der Waals surface area contributed by atoms with Crippen LogP contribution >= 0.6 is 11.6 Å². The van der Waals surface area contributed by atoms with Gasteiger partial charge in [0, 0.05) is 10.6 Å². The van der Waals surface area contributed by atoms with Gasteiger partial charge in [0.25, 0.3) is 0 Å². The third-order valence-corrected chi connectivity index (χ3v) is 1.68. The SMILES string of the molecule is C=C(C)OC(=C)c1cccc(Cl)c1. The molecule has 0 N–H and O–H groups in total. The highest BCUT2D eigenvalue weighted by Crippen LogP contribution is 2.19. The van der Waals surface area contributed by atoms with Crippen molar-refractivity contribution >= 4 is 17.4 Å². The smallest absolute Gasteiger partial charge is 0.126 e. The topological polar surface area (TPSA) is 9.23 Å². The summed E-state index contributed by atoms with van der Waals surface area (Å²) in [5.74, 6) is 1.18. The van der Waals surface area contributed by atoms with Crippen molar-refractivity contribution in [1.82, 2.24) is 0 Å². The Hall–Kier alpha value is -1.21. The minimum atomic E-state index is 0.565. The molecule has 1 aromatic carbocycles. The molecular formula is C11H11ClO. The maximum atomic E-state index is 5.81. The predicted molar refractivity (Wildman–Crippen MR) is 56.4 cm³/mol. The van der Waals surface area contributed by atoms with E-state index in [1.54, 1.807) is 19.1 Å². The fourth-order valence-corrected chi connectivity index (χ4v) is 1.12. The van der Waals surface area contributed by atoms with Gasteiger partial charge in [-0.2, -0.15) is 0 Å². The third kappa shape index (κ3) is 2.96. The van der Waals surface area contributed by atoms with Crippen LogP contribution in [0.2, 0.25) is 5.02 Å². The van der Waals surface area contributed by atoms with Crippen molar-refractivity contribution in [3.63, 3.8) is 0 Å². The van der Waals surface area contributed by atoms with Gasteiger partial charge < -0.3 is 4.74 Å². The van der Waals surface area contributed by atoms with Crippen LogP contribution in [0.15, 0.2) is 43.2 Å². The van der Waals surface area contributed by atoms with E-state index < -0.39 is 0 Å². The molecule has 0 radical (unpaired) electrons. The normalized spacial score (nSPS) is 9.38. The minimum Gasteiger partial charge on any atom is -0.463 e. The first-order valence-corrected chi connectivity index (χ1v) is 4.25. The zero-order valence-electron chi connectivity index (χ0n) is 7.51. The number of hydrogen-bond acceptors (Lipinski definition) is 1. The first-order valence-electron chi connectivity index (χ1n) is 3.88. The van der Waals surface area contributed by atoms with E-state index in [1.807, 2.05) is 12.1 Å². The maximum absolute atomic E-state index is 5.81. The molecule has 0 spiro atoms. The number of benzene rings is 1. The molecule has 0 aliphatic heterocycles. The van der Waals surface area contributed by atoms with Crippen molar-refractivity contribution in [2.45, 2.75) is 6.92 Å². The second-order valence-electron chi connectivity index (χ2n) is 2.74. The van der Waals surface area contributed by atoms with Crippen molar-refractivity contribution in [3.8, 4) is 0 Å². The van der Waals surface area contributed by atoms with Gasteiger partial charge in [0.05, 0.1) is 5.76 Å². The van der Waals surface area contributed by atoms with Gasteiger partial charge in [-0.3, -0.25) is 0 Å². The zero-order valence-corrected chi connectivity index (χ0v) is 8.27. The molecular weight excluding hydrogens is 184 g/mol. The fourth-order valence-electron chi connectivity index (χ4n) is 0.931. The summed E-state index contributed by atoms with van der Waals surface area (Å²) in [6, 6.07) is 7.34. The van der Waals surface area contributed by atoms with Gasteiger partial charge in [-0.25, -0.2) is 0 Å². The Morgan fingerprint density at radius 2 is 2.08 bits per heavy atom. The van der Waals surface area contributed by atoms with Crippen molar-refractivity contribution in [3.05, 3.63) is 53.8 Å². The monoisotopic (exact) mass is 194 g/mol. The highest BCUT2D eigenvalue weighted by Gasteiger charge is 2.00. The average molecular weight is 195 g/mol. The van der Waals surface area contributed by atoms with Crippen LogP contribution in [-0.4, -0.2) is 0 Å². The molecule has 0 fully saturated rings. The van der Waals surface area contributed by atoms with Crippen LogP contribution in [0.25, 0.3) is 5.76 Å². The summed E-state index contributed by atoms with van der Waals surface area (Å²) >= 11 is 5.81. The standard InChI is InChI=1S/C11H11ClO/c1-8(2)13-9(3)10-5-4-6-11(12)7-10/h4-7H,1,3H2,2H3. The molecule has 0 heterocycles. The maximum Gasteiger partial charge on any atom is 0.126 e. The Kier molecular flexibility index (Phi) is 3.15. The van der Waals surface area contributed by atoms with Crippen LogP contribution in [0.1, 0.15) is 12.5 Å². The molecule has 2 heteroatoms. The van der Waals surface area contributed by atoms with Crippen molar-refractivity contribution < 1.29 is 4.74 Å². The Labute approximate surface area is 83.3 Å². The van der Waals surface area contributed by atoms with Gasteiger partial charge in [-0.15, -0.1) is 0 Å². The van der Waals surface area contributed by atoms with E-state index in [0.29, 0.717) is 16.5 Å². The molecule has 0 saturated heterocycles. The molecule has 13 heavy (non-hydrogen) atoms. The van der Waals surface area contributed by atoms with E-state index in [-0.39, 0.29) is 0 Å². The average Bonchev–Trinajstić information content (AvgIpc) is 2.03. The van der Waals surface area contributed by atoms with Gasteiger partial charge >= 0.3 is 0 Å². The molecule has 0 aromatic heterocycles. The molecule has 0 bridgehead atoms. The number of ether oxygens (including phenoxy) is 1.